The van der Waals surface area contributed by atoms with Gasteiger partial charge in [0, 0.05) is 13.0 Å². The quantitative estimate of drug-likeness (QED) is 0.924. The van der Waals surface area contributed by atoms with Gasteiger partial charge < -0.3 is 10.0 Å². The first-order valence-corrected chi connectivity index (χ1v) is 7.74. The highest BCUT2D eigenvalue weighted by Gasteiger charge is 2.34. The SMILES string of the molecule is O=C(O)[C@H]1CCCN1C(=O)CCC1Cc2ccccc2C1. The highest BCUT2D eigenvalue weighted by Crippen LogP contribution is 2.30. The zero-order chi connectivity index (χ0) is 14.8. The minimum atomic E-state index is -0.867. The van der Waals surface area contributed by atoms with E-state index in [1.165, 1.54) is 11.1 Å². The lowest BCUT2D eigenvalue weighted by Gasteiger charge is -2.22. The minimum absolute atomic E-state index is 0.0101. The van der Waals surface area contributed by atoms with Gasteiger partial charge >= 0.3 is 5.97 Å². The summed E-state index contributed by atoms with van der Waals surface area (Å²) >= 11 is 0. The van der Waals surface area contributed by atoms with Gasteiger partial charge in [-0.05, 0) is 49.1 Å². The summed E-state index contributed by atoms with van der Waals surface area (Å²) < 4.78 is 0. The molecule has 3 rings (SSSR count). The summed E-state index contributed by atoms with van der Waals surface area (Å²) in [6, 6.07) is 7.86. The van der Waals surface area contributed by atoms with Gasteiger partial charge in [-0.15, -0.1) is 0 Å². The molecule has 1 heterocycles. The van der Waals surface area contributed by atoms with Crippen LogP contribution in [0.15, 0.2) is 24.3 Å². The van der Waals surface area contributed by atoms with Crippen LogP contribution >= 0.6 is 0 Å². The van der Waals surface area contributed by atoms with Crippen molar-refractivity contribution in [3.05, 3.63) is 35.4 Å². The van der Waals surface area contributed by atoms with Crippen molar-refractivity contribution < 1.29 is 14.7 Å². The molecular formula is C17H21NO3. The molecule has 0 bridgehead atoms. The Labute approximate surface area is 124 Å². The molecule has 0 spiro atoms. The van der Waals surface area contributed by atoms with Gasteiger partial charge in [0.15, 0.2) is 0 Å². The molecule has 2 aliphatic rings. The monoisotopic (exact) mass is 287 g/mol. The minimum Gasteiger partial charge on any atom is -0.480 e. The number of carboxylic acid groups (broad SMARTS) is 1. The van der Waals surface area contributed by atoms with Gasteiger partial charge in [0.25, 0.3) is 0 Å². The summed E-state index contributed by atoms with van der Waals surface area (Å²) in [6.45, 7) is 0.598. The molecule has 1 fully saturated rings. The number of carbonyl (C=O) groups is 2. The van der Waals surface area contributed by atoms with Crippen LogP contribution in [0, 0.1) is 5.92 Å². The van der Waals surface area contributed by atoms with E-state index in [0.29, 0.717) is 25.3 Å². The highest BCUT2D eigenvalue weighted by atomic mass is 16.4. The molecule has 1 atom stereocenters. The lowest BCUT2D eigenvalue weighted by Crippen LogP contribution is -2.40. The molecule has 1 aromatic rings. The normalized spacial score (nSPS) is 21.5. The number of carbonyl (C=O) groups excluding carboxylic acids is 1. The third-order valence-electron chi connectivity index (χ3n) is 4.76. The molecular weight excluding hydrogens is 266 g/mol. The molecule has 0 aromatic heterocycles. The average molecular weight is 287 g/mol. The second kappa shape index (κ2) is 5.88. The topological polar surface area (TPSA) is 57.6 Å². The second-order valence-corrected chi connectivity index (χ2v) is 6.17. The molecule has 0 radical (unpaired) electrons. The van der Waals surface area contributed by atoms with E-state index >= 15 is 0 Å². The first-order valence-electron chi connectivity index (χ1n) is 7.74. The summed E-state index contributed by atoms with van der Waals surface area (Å²) in [6.07, 6.45) is 4.82. The van der Waals surface area contributed by atoms with Crippen molar-refractivity contribution in [1.82, 2.24) is 4.90 Å². The summed E-state index contributed by atoms with van der Waals surface area (Å²) in [5.74, 6) is -0.331. The molecule has 1 aliphatic carbocycles. The van der Waals surface area contributed by atoms with E-state index in [1.54, 1.807) is 4.90 Å². The van der Waals surface area contributed by atoms with Crippen molar-refractivity contribution in [3.8, 4) is 0 Å². The number of aliphatic carboxylic acids is 1. The van der Waals surface area contributed by atoms with Gasteiger partial charge in [0.05, 0.1) is 0 Å². The van der Waals surface area contributed by atoms with Crippen molar-refractivity contribution >= 4 is 11.9 Å². The molecule has 1 saturated heterocycles. The zero-order valence-corrected chi connectivity index (χ0v) is 12.1. The van der Waals surface area contributed by atoms with Crippen LogP contribution < -0.4 is 0 Å². The van der Waals surface area contributed by atoms with E-state index in [0.717, 1.165) is 25.7 Å². The van der Waals surface area contributed by atoms with E-state index in [2.05, 4.69) is 24.3 Å². The molecule has 112 valence electrons. The van der Waals surface area contributed by atoms with E-state index in [-0.39, 0.29) is 5.91 Å². The molecule has 1 aliphatic heterocycles. The predicted octanol–water partition coefficient (Wildman–Crippen LogP) is 2.26. The van der Waals surface area contributed by atoms with Gasteiger partial charge in [0.2, 0.25) is 5.91 Å². The number of carboxylic acids is 1. The Morgan fingerprint density at radius 1 is 1.19 bits per heavy atom. The summed E-state index contributed by atoms with van der Waals surface area (Å²) in [5, 5.41) is 9.14. The van der Waals surface area contributed by atoms with E-state index in [4.69, 9.17) is 5.11 Å². The fourth-order valence-electron chi connectivity index (χ4n) is 3.65. The van der Waals surface area contributed by atoms with Crippen molar-refractivity contribution in [2.45, 2.75) is 44.6 Å². The Balaban J connectivity index is 1.52. The Kier molecular flexibility index (Phi) is 3.95. The third-order valence-corrected chi connectivity index (χ3v) is 4.76. The largest absolute Gasteiger partial charge is 0.480 e. The Bertz CT molecular complexity index is 530. The van der Waals surface area contributed by atoms with Crippen LogP contribution in [0.4, 0.5) is 0 Å². The maximum absolute atomic E-state index is 12.3. The van der Waals surface area contributed by atoms with E-state index < -0.39 is 12.0 Å². The van der Waals surface area contributed by atoms with Crippen molar-refractivity contribution in [3.63, 3.8) is 0 Å². The number of benzene rings is 1. The maximum atomic E-state index is 12.3. The molecule has 1 amide bonds. The maximum Gasteiger partial charge on any atom is 0.326 e. The molecule has 21 heavy (non-hydrogen) atoms. The van der Waals surface area contributed by atoms with Crippen LogP contribution in [0.1, 0.15) is 36.8 Å². The fraction of sp³-hybridized carbons (Fsp3) is 0.529. The summed E-state index contributed by atoms with van der Waals surface area (Å²) in [4.78, 5) is 24.9. The van der Waals surface area contributed by atoms with Crippen molar-refractivity contribution in [2.24, 2.45) is 5.92 Å². The molecule has 1 aromatic carbocycles. The number of hydrogen-bond acceptors (Lipinski definition) is 2. The number of hydrogen-bond donors (Lipinski definition) is 1. The number of amides is 1. The van der Waals surface area contributed by atoms with Crippen molar-refractivity contribution in [2.75, 3.05) is 6.54 Å². The Hall–Kier alpha value is -1.84. The molecule has 4 heteroatoms. The van der Waals surface area contributed by atoms with Crippen molar-refractivity contribution in [1.29, 1.82) is 0 Å². The first-order chi connectivity index (χ1) is 10.1. The van der Waals surface area contributed by atoms with Gasteiger partial charge in [-0.3, -0.25) is 4.79 Å². The van der Waals surface area contributed by atoms with Crippen LogP contribution in [0.3, 0.4) is 0 Å². The Morgan fingerprint density at radius 2 is 1.86 bits per heavy atom. The van der Waals surface area contributed by atoms with Crippen LogP contribution in [-0.4, -0.2) is 34.5 Å². The third kappa shape index (κ3) is 2.94. The number of nitrogens with zero attached hydrogens (tertiary/aromatic N) is 1. The summed E-state index contributed by atoms with van der Waals surface area (Å²) in [7, 11) is 0. The van der Waals surface area contributed by atoms with Crippen LogP contribution in [0.5, 0.6) is 0 Å². The zero-order valence-electron chi connectivity index (χ0n) is 12.1. The van der Waals surface area contributed by atoms with Gasteiger partial charge in [-0.2, -0.15) is 0 Å². The lowest BCUT2D eigenvalue weighted by molar-refractivity contribution is -0.148. The van der Waals surface area contributed by atoms with Gasteiger partial charge in [-0.25, -0.2) is 4.79 Å². The van der Waals surface area contributed by atoms with E-state index in [1.807, 2.05) is 0 Å². The smallest absolute Gasteiger partial charge is 0.326 e. The highest BCUT2D eigenvalue weighted by molar-refractivity contribution is 5.84. The van der Waals surface area contributed by atoms with Gasteiger partial charge in [-0.1, -0.05) is 24.3 Å². The molecule has 0 saturated carbocycles. The second-order valence-electron chi connectivity index (χ2n) is 6.17. The van der Waals surface area contributed by atoms with E-state index in [9.17, 15) is 9.59 Å². The van der Waals surface area contributed by atoms with Crippen LogP contribution in [-0.2, 0) is 22.4 Å². The molecule has 4 nitrogen and oxygen atoms in total. The summed E-state index contributed by atoms with van der Waals surface area (Å²) in [5.41, 5.74) is 2.80. The first kappa shape index (κ1) is 14.1. The number of fused-ring (bicyclic) bond motifs is 1. The average Bonchev–Trinajstić information content (AvgIpc) is 3.10. The predicted molar refractivity (Wildman–Crippen MR) is 78.9 cm³/mol. The van der Waals surface area contributed by atoms with Crippen LogP contribution in [0.25, 0.3) is 0 Å². The fourth-order valence-corrected chi connectivity index (χ4v) is 3.65. The number of likely N-dealkylation sites (tertiary alicyclic amines) is 1. The standard InChI is InChI=1S/C17H21NO3/c19-16(18-9-3-6-15(18)17(20)21)8-7-12-10-13-4-1-2-5-14(13)11-12/h1-2,4-5,12,15H,3,6-11H2,(H,20,21)/t15-/m1/s1. The Morgan fingerprint density at radius 3 is 2.48 bits per heavy atom. The number of rotatable bonds is 4. The lowest BCUT2D eigenvalue weighted by atomic mass is 9.99. The van der Waals surface area contributed by atoms with Gasteiger partial charge in [0.1, 0.15) is 6.04 Å². The molecule has 1 N–H and O–H groups in total. The van der Waals surface area contributed by atoms with Crippen LogP contribution in [0.2, 0.25) is 0 Å². The molecule has 0 unspecified atom stereocenters.